The lowest BCUT2D eigenvalue weighted by Crippen LogP contribution is -2.26. The zero-order chi connectivity index (χ0) is 23.3. The Morgan fingerprint density at radius 1 is 0.765 bits per heavy atom. The summed E-state index contributed by atoms with van der Waals surface area (Å²) in [5, 5.41) is 0.587. The quantitative estimate of drug-likeness (QED) is 0.315. The van der Waals surface area contributed by atoms with Crippen LogP contribution in [0, 0.1) is 0 Å². The molecular weight excluding hydrogens is 424 g/mol. The Balaban J connectivity index is 1.48. The maximum atomic E-state index is 13.4. The molecule has 5 aromatic rings. The Hall–Kier alpha value is -4.38. The van der Waals surface area contributed by atoms with E-state index in [0.29, 0.717) is 29.9 Å². The van der Waals surface area contributed by atoms with Crippen LogP contribution in [0.2, 0.25) is 0 Å². The average Bonchev–Trinajstić information content (AvgIpc) is 2.91. The van der Waals surface area contributed by atoms with E-state index in [1.165, 1.54) is 0 Å². The fourth-order valence-electron chi connectivity index (χ4n) is 4.03. The van der Waals surface area contributed by atoms with E-state index in [2.05, 4.69) is 12.1 Å². The van der Waals surface area contributed by atoms with Crippen LogP contribution in [0.15, 0.2) is 108 Å². The molecule has 0 fully saturated rings. The van der Waals surface area contributed by atoms with Gasteiger partial charge in [-0.3, -0.25) is 9.36 Å². The van der Waals surface area contributed by atoms with Crippen LogP contribution in [0.4, 0.5) is 0 Å². The smallest absolute Gasteiger partial charge is 0.261 e. The fourth-order valence-corrected chi connectivity index (χ4v) is 4.03. The predicted molar refractivity (Wildman–Crippen MR) is 135 cm³/mol. The molecule has 0 atom stereocenters. The van der Waals surface area contributed by atoms with Crippen molar-refractivity contribution in [1.29, 1.82) is 0 Å². The van der Waals surface area contributed by atoms with Crippen molar-refractivity contribution in [2.45, 2.75) is 6.54 Å². The highest BCUT2D eigenvalue weighted by molar-refractivity contribution is 5.79. The van der Waals surface area contributed by atoms with Crippen molar-refractivity contribution in [2.75, 3.05) is 13.7 Å². The number of ether oxygens (including phenoxy) is 2. The fraction of sp³-hybridized carbons (Fsp3) is 0.103. The van der Waals surface area contributed by atoms with Gasteiger partial charge in [0.15, 0.2) is 0 Å². The van der Waals surface area contributed by atoms with Crippen LogP contribution >= 0.6 is 0 Å². The first-order chi connectivity index (χ1) is 16.7. The number of rotatable bonds is 7. The lowest BCUT2D eigenvalue weighted by Gasteiger charge is -2.16. The molecule has 0 spiro atoms. The Kier molecular flexibility index (Phi) is 6.08. The molecule has 0 N–H and O–H groups in total. The summed E-state index contributed by atoms with van der Waals surface area (Å²) in [5.41, 5.74) is 3.53. The second-order valence-corrected chi connectivity index (χ2v) is 7.85. The van der Waals surface area contributed by atoms with Gasteiger partial charge in [0.05, 0.1) is 24.6 Å². The molecule has 1 heterocycles. The van der Waals surface area contributed by atoms with E-state index in [-0.39, 0.29) is 5.56 Å². The van der Waals surface area contributed by atoms with Gasteiger partial charge in [0.25, 0.3) is 5.56 Å². The SMILES string of the molecule is COc1ccc(-c2nc3ccccc3c(=O)n2CCOc2ccccc2-c2ccccc2)cc1. The highest BCUT2D eigenvalue weighted by Gasteiger charge is 2.14. The molecule has 1 aromatic heterocycles. The summed E-state index contributed by atoms with van der Waals surface area (Å²) < 4.78 is 13.2. The lowest BCUT2D eigenvalue weighted by molar-refractivity contribution is 0.298. The maximum absolute atomic E-state index is 13.4. The van der Waals surface area contributed by atoms with E-state index >= 15 is 0 Å². The van der Waals surface area contributed by atoms with Crippen LogP contribution < -0.4 is 15.0 Å². The first-order valence-corrected chi connectivity index (χ1v) is 11.2. The third-order valence-corrected chi connectivity index (χ3v) is 5.75. The number of aromatic nitrogens is 2. The van der Waals surface area contributed by atoms with Gasteiger partial charge in [-0.15, -0.1) is 0 Å². The van der Waals surface area contributed by atoms with Crippen LogP contribution in [-0.2, 0) is 6.54 Å². The summed E-state index contributed by atoms with van der Waals surface area (Å²) in [6, 6.07) is 33.0. The topological polar surface area (TPSA) is 53.3 Å². The molecule has 0 aliphatic heterocycles. The number of hydrogen-bond donors (Lipinski definition) is 0. The molecule has 5 rings (SSSR count). The van der Waals surface area contributed by atoms with Crippen molar-refractivity contribution < 1.29 is 9.47 Å². The number of methoxy groups -OCH3 is 1. The van der Waals surface area contributed by atoms with Gasteiger partial charge >= 0.3 is 0 Å². The van der Waals surface area contributed by atoms with Crippen molar-refractivity contribution in [1.82, 2.24) is 9.55 Å². The second-order valence-electron chi connectivity index (χ2n) is 7.85. The van der Waals surface area contributed by atoms with Gasteiger partial charge in [0.2, 0.25) is 0 Å². The van der Waals surface area contributed by atoms with Crippen molar-refractivity contribution in [2.24, 2.45) is 0 Å². The Morgan fingerprint density at radius 3 is 2.26 bits per heavy atom. The summed E-state index contributed by atoms with van der Waals surface area (Å²) in [4.78, 5) is 18.2. The summed E-state index contributed by atoms with van der Waals surface area (Å²) >= 11 is 0. The van der Waals surface area contributed by atoms with E-state index < -0.39 is 0 Å². The minimum Gasteiger partial charge on any atom is -0.497 e. The second kappa shape index (κ2) is 9.63. The highest BCUT2D eigenvalue weighted by atomic mass is 16.5. The molecule has 0 saturated heterocycles. The summed E-state index contributed by atoms with van der Waals surface area (Å²) in [5.74, 6) is 2.13. The van der Waals surface area contributed by atoms with E-state index in [1.807, 2.05) is 91.0 Å². The van der Waals surface area contributed by atoms with E-state index in [9.17, 15) is 4.79 Å². The molecule has 0 aliphatic rings. The predicted octanol–water partition coefficient (Wildman–Crippen LogP) is 5.82. The number of fused-ring (bicyclic) bond motifs is 1. The Labute approximate surface area is 197 Å². The molecule has 0 bridgehead atoms. The van der Waals surface area contributed by atoms with E-state index in [0.717, 1.165) is 28.2 Å². The molecule has 0 saturated carbocycles. The Morgan fingerprint density at radius 2 is 1.47 bits per heavy atom. The molecule has 34 heavy (non-hydrogen) atoms. The number of para-hydroxylation sites is 2. The molecule has 168 valence electrons. The van der Waals surface area contributed by atoms with Gasteiger partial charge < -0.3 is 9.47 Å². The minimum atomic E-state index is -0.0867. The van der Waals surface area contributed by atoms with Gasteiger partial charge in [-0.2, -0.15) is 0 Å². The first-order valence-electron chi connectivity index (χ1n) is 11.2. The average molecular weight is 449 g/mol. The third-order valence-electron chi connectivity index (χ3n) is 5.75. The van der Waals surface area contributed by atoms with Crippen LogP contribution in [0.1, 0.15) is 0 Å². The van der Waals surface area contributed by atoms with Gasteiger partial charge in [0.1, 0.15) is 23.9 Å². The van der Waals surface area contributed by atoms with Crippen molar-refractivity contribution in [3.63, 3.8) is 0 Å². The van der Waals surface area contributed by atoms with Crippen LogP contribution in [-0.4, -0.2) is 23.3 Å². The molecular formula is C29H24N2O3. The summed E-state index contributed by atoms with van der Waals surface area (Å²) in [7, 11) is 1.63. The number of benzene rings is 4. The minimum absolute atomic E-state index is 0.0867. The van der Waals surface area contributed by atoms with Crippen LogP contribution in [0.5, 0.6) is 11.5 Å². The van der Waals surface area contributed by atoms with Gasteiger partial charge in [-0.25, -0.2) is 4.98 Å². The highest BCUT2D eigenvalue weighted by Crippen LogP contribution is 2.29. The number of hydrogen-bond acceptors (Lipinski definition) is 4. The summed E-state index contributed by atoms with van der Waals surface area (Å²) in [6.45, 7) is 0.689. The lowest BCUT2D eigenvalue weighted by atomic mass is 10.1. The molecule has 0 unspecified atom stereocenters. The first kappa shape index (κ1) is 21.5. The monoisotopic (exact) mass is 448 g/mol. The summed E-state index contributed by atoms with van der Waals surface area (Å²) in [6.07, 6.45) is 0. The third kappa shape index (κ3) is 4.28. The van der Waals surface area contributed by atoms with Gasteiger partial charge in [-0.05, 0) is 48.0 Å². The molecule has 4 aromatic carbocycles. The van der Waals surface area contributed by atoms with E-state index in [4.69, 9.17) is 14.5 Å². The zero-order valence-corrected chi connectivity index (χ0v) is 18.8. The van der Waals surface area contributed by atoms with Crippen LogP contribution in [0.3, 0.4) is 0 Å². The van der Waals surface area contributed by atoms with Crippen molar-refractivity contribution in [3.8, 4) is 34.0 Å². The molecule has 0 amide bonds. The molecule has 5 nitrogen and oxygen atoms in total. The van der Waals surface area contributed by atoms with E-state index in [1.54, 1.807) is 11.7 Å². The maximum Gasteiger partial charge on any atom is 0.261 e. The van der Waals surface area contributed by atoms with Crippen LogP contribution in [0.25, 0.3) is 33.4 Å². The number of nitrogens with zero attached hydrogens (tertiary/aromatic N) is 2. The van der Waals surface area contributed by atoms with Gasteiger partial charge in [0, 0.05) is 11.1 Å². The standard InChI is InChI=1S/C29H24N2O3/c1-33-23-17-15-22(16-18-23)28-30-26-13-7-5-12-25(26)29(32)31(28)19-20-34-27-14-8-6-11-24(27)21-9-3-2-4-10-21/h2-18H,19-20H2,1H3. The normalized spacial score (nSPS) is 10.9. The molecule has 0 aliphatic carbocycles. The Bertz CT molecular complexity index is 1480. The van der Waals surface area contributed by atoms with Gasteiger partial charge in [-0.1, -0.05) is 60.7 Å². The van der Waals surface area contributed by atoms with Crippen molar-refractivity contribution in [3.05, 3.63) is 113 Å². The zero-order valence-electron chi connectivity index (χ0n) is 18.8. The molecule has 0 radical (unpaired) electrons. The van der Waals surface area contributed by atoms with Crippen molar-refractivity contribution >= 4 is 10.9 Å². The largest absolute Gasteiger partial charge is 0.497 e. The molecule has 5 heteroatoms.